The van der Waals surface area contributed by atoms with Gasteiger partial charge in [0.1, 0.15) is 6.04 Å². The first-order valence-electron chi connectivity index (χ1n) is 7.69. The van der Waals surface area contributed by atoms with Crippen molar-refractivity contribution < 1.29 is 14.7 Å². The van der Waals surface area contributed by atoms with E-state index in [1.165, 1.54) is 0 Å². The number of carboxylic acid groups (broad SMARTS) is 1. The van der Waals surface area contributed by atoms with Crippen LogP contribution in [0.15, 0.2) is 30.3 Å². The van der Waals surface area contributed by atoms with Crippen molar-refractivity contribution in [3.63, 3.8) is 0 Å². The molecule has 0 saturated heterocycles. The van der Waals surface area contributed by atoms with E-state index in [1.807, 2.05) is 19.9 Å². The number of carboxylic acids is 1. The summed E-state index contributed by atoms with van der Waals surface area (Å²) in [5.41, 5.74) is 1.65. The predicted molar refractivity (Wildman–Crippen MR) is 91.7 cm³/mol. The second kappa shape index (κ2) is 7.49. The molecule has 0 aliphatic rings. The second-order valence-electron chi connectivity index (χ2n) is 5.74. The van der Waals surface area contributed by atoms with E-state index in [1.54, 1.807) is 35.9 Å². The number of aliphatic carboxylic acids is 1. The average Bonchev–Trinajstić information content (AvgIpc) is 2.93. The topological polar surface area (TPSA) is 84.2 Å². The van der Waals surface area contributed by atoms with Gasteiger partial charge in [0.25, 0.3) is 5.91 Å². The zero-order valence-corrected chi connectivity index (χ0v) is 14.5. The van der Waals surface area contributed by atoms with Gasteiger partial charge in [-0.15, -0.1) is 0 Å². The molecule has 2 aromatic rings. The van der Waals surface area contributed by atoms with Crippen LogP contribution in [-0.2, 0) is 4.79 Å². The Hall–Kier alpha value is -2.34. The molecule has 0 unspecified atom stereocenters. The van der Waals surface area contributed by atoms with Crippen molar-refractivity contribution in [1.82, 2.24) is 15.1 Å². The van der Waals surface area contributed by atoms with Gasteiger partial charge < -0.3 is 10.4 Å². The maximum atomic E-state index is 12.4. The minimum Gasteiger partial charge on any atom is -0.480 e. The van der Waals surface area contributed by atoms with Crippen molar-refractivity contribution in [2.24, 2.45) is 5.92 Å². The van der Waals surface area contributed by atoms with Crippen molar-refractivity contribution in [3.05, 3.63) is 46.7 Å². The van der Waals surface area contributed by atoms with Crippen molar-refractivity contribution in [3.8, 4) is 5.69 Å². The van der Waals surface area contributed by atoms with Gasteiger partial charge in [0, 0.05) is 10.7 Å². The van der Waals surface area contributed by atoms with Crippen LogP contribution in [0.5, 0.6) is 0 Å². The molecule has 24 heavy (non-hydrogen) atoms. The second-order valence-corrected chi connectivity index (χ2v) is 6.17. The standard InChI is InChI=1S/C17H20ClN3O3/c1-4-10(2)15(17(23)24)19-16(22)14-8-11(3)21(20-14)13-7-5-6-12(18)9-13/h5-10,15H,4H2,1-3H3,(H,19,22)(H,23,24)/t10-,15-/m0/s1. The Labute approximate surface area is 145 Å². The number of carbonyl (C=O) groups is 2. The molecule has 6 nitrogen and oxygen atoms in total. The zero-order chi connectivity index (χ0) is 17.9. The largest absolute Gasteiger partial charge is 0.480 e. The first kappa shape index (κ1) is 18.0. The van der Waals surface area contributed by atoms with E-state index in [9.17, 15) is 14.7 Å². The van der Waals surface area contributed by atoms with E-state index in [0.717, 1.165) is 11.4 Å². The van der Waals surface area contributed by atoms with Crippen LogP contribution in [0.4, 0.5) is 0 Å². The van der Waals surface area contributed by atoms with Gasteiger partial charge in [0.2, 0.25) is 0 Å². The molecule has 1 aromatic heterocycles. The first-order valence-corrected chi connectivity index (χ1v) is 8.07. The SMILES string of the molecule is CC[C@H](C)[C@H](NC(=O)c1cc(C)n(-c2cccc(Cl)c2)n1)C(=O)O. The van der Waals surface area contributed by atoms with Gasteiger partial charge >= 0.3 is 5.97 Å². The summed E-state index contributed by atoms with van der Waals surface area (Å²) in [6, 6.07) is 7.78. The lowest BCUT2D eigenvalue weighted by molar-refractivity contribution is -0.140. The number of amides is 1. The summed E-state index contributed by atoms with van der Waals surface area (Å²) < 4.78 is 1.60. The number of hydrogen-bond acceptors (Lipinski definition) is 3. The van der Waals surface area contributed by atoms with Crippen molar-refractivity contribution in [2.75, 3.05) is 0 Å². The van der Waals surface area contributed by atoms with Gasteiger partial charge in [-0.2, -0.15) is 5.10 Å². The minimum absolute atomic E-state index is 0.169. The van der Waals surface area contributed by atoms with Gasteiger partial charge in [-0.3, -0.25) is 4.79 Å². The molecular weight excluding hydrogens is 330 g/mol. The molecule has 0 aliphatic carbocycles. The molecule has 2 N–H and O–H groups in total. The fraction of sp³-hybridized carbons (Fsp3) is 0.353. The van der Waals surface area contributed by atoms with Crippen LogP contribution in [0.2, 0.25) is 5.02 Å². The number of benzene rings is 1. The van der Waals surface area contributed by atoms with Gasteiger partial charge in [0.05, 0.1) is 5.69 Å². The highest BCUT2D eigenvalue weighted by Gasteiger charge is 2.26. The summed E-state index contributed by atoms with van der Waals surface area (Å²) in [7, 11) is 0. The molecule has 0 spiro atoms. The number of hydrogen-bond donors (Lipinski definition) is 2. The van der Waals surface area contributed by atoms with Crippen LogP contribution in [0.1, 0.15) is 36.5 Å². The highest BCUT2D eigenvalue weighted by atomic mass is 35.5. The minimum atomic E-state index is -1.05. The molecule has 0 fully saturated rings. The van der Waals surface area contributed by atoms with Crippen LogP contribution in [-0.4, -0.2) is 32.8 Å². The van der Waals surface area contributed by atoms with Crippen LogP contribution < -0.4 is 5.32 Å². The number of rotatable bonds is 6. The van der Waals surface area contributed by atoms with Crippen molar-refractivity contribution in [2.45, 2.75) is 33.2 Å². The van der Waals surface area contributed by atoms with Crippen LogP contribution in [0.25, 0.3) is 5.69 Å². The molecule has 0 saturated carbocycles. The van der Waals surface area contributed by atoms with Gasteiger partial charge in [0.15, 0.2) is 5.69 Å². The molecule has 0 aliphatic heterocycles. The number of aryl methyl sites for hydroxylation is 1. The zero-order valence-electron chi connectivity index (χ0n) is 13.8. The summed E-state index contributed by atoms with van der Waals surface area (Å²) in [6.07, 6.45) is 0.646. The summed E-state index contributed by atoms with van der Waals surface area (Å²) in [5, 5.41) is 16.7. The molecule has 128 valence electrons. The van der Waals surface area contributed by atoms with E-state index in [0.29, 0.717) is 11.4 Å². The average molecular weight is 350 g/mol. The van der Waals surface area contributed by atoms with E-state index in [4.69, 9.17) is 11.6 Å². The third-order valence-corrected chi connectivity index (χ3v) is 4.17. The Morgan fingerprint density at radius 2 is 2.08 bits per heavy atom. The van der Waals surface area contributed by atoms with E-state index >= 15 is 0 Å². The highest BCUT2D eigenvalue weighted by Crippen LogP contribution is 2.17. The number of halogens is 1. The summed E-state index contributed by atoms with van der Waals surface area (Å²) in [5.74, 6) is -1.74. The molecule has 0 bridgehead atoms. The fourth-order valence-corrected chi connectivity index (χ4v) is 2.54. The first-order chi connectivity index (χ1) is 11.3. The number of nitrogens with zero attached hydrogens (tertiary/aromatic N) is 2. The summed E-state index contributed by atoms with van der Waals surface area (Å²) in [4.78, 5) is 23.7. The number of carbonyl (C=O) groups excluding carboxylic acids is 1. The van der Waals surface area contributed by atoms with Crippen LogP contribution in [0, 0.1) is 12.8 Å². The molecular formula is C17H20ClN3O3. The summed E-state index contributed by atoms with van der Waals surface area (Å²) >= 11 is 5.99. The Morgan fingerprint density at radius 1 is 1.38 bits per heavy atom. The van der Waals surface area contributed by atoms with Gasteiger partial charge in [-0.25, -0.2) is 9.48 Å². The smallest absolute Gasteiger partial charge is 0.326 e. The maximum Gasteiger partial charge on any atom is 0.326 e. The molecule has 2 atom stereocenters. The monoisotopic (exact) mass is 349 g/mol. The maximum absolute atomic E-state index is 12.4. The van der Waals surface area contributed by atoms with Crippen LogP contribution >= 0.6 is 11.6 Å². The van der Waals surface area contributed by atoms with Crippen LogP contribution in [0.3, 0.4) is 0 Å². The number of nitrogens with one attached hydrogen (secondary N) is 1. The molecule has 1 amide bonds. The van der Waals surface area contributed by atoms with Crippen molar-refractivity contribution >= 4 is 23.5 Å². The lowest BCUT2D eigenvalue weighted by Gasteiger charge is -2.19. The fourth-order valence-electron chi connectivity index (χ4n) is 2.35. The van der Waals surface area contributed by atoms with E-state index in [-0.39, 0.29) is 11.6 Å². The molecule has 0 radical (unpaired) electrons. The lowest BCUT2D eigenvalue weighted by Crippen LogP contribution is -2.45. The number of aromatic nitrogens is 2. The Morgan fingerprint density at radius 3 is 2.67 bits per heavy atom. The molecule has 7 heteroatoms. The summed E-state index contributed by atoms with van der Waals surface area (Å²) in [6.45, 7) is 5.48. The Bertz CT molecular complexity index is 757. The Kier molecular flexibility index (Phi) is 5.62. The third kappa shape index (κ3) is 3.94. The van der Waals surface area contributed by atoms with E-state index in [2.05, 4.69) is 10.4 Å². The third-order valence-electron chi connectivity index (χ3n) is 3.94. The quantitative estimate of drug-likeness (QED) is 0.839. The Balaban J connectivity index is 2.25. The molecule has 1 heterocycles. The van der Waals surface area contributed by atoms with E-state index < -0.39 is 17.9 Å². The van der Waals surface area contributed by atoms with Gasteiger partial charge in [-0.1, -0.05) is 37.9 Å². The molecule has 1 aromatic carbocycles. The van der Waals surface area contributed by atoms with Gasteiger partial charge in [-0.05, 0) is 37.1 Å². The normalized spacial score (nSPS) is 13.3. The highest BCUT2D eigenvalue weighted by molar-refractivity contribution is 6.30. The van der Waals surface area contributed by atoms with Crippen molar-refractivity contribution in [1.29, 1.82) is 0 Å². The molecule has 2 rings (SSSR count). The predicted octanol–water partition coefficient (Wildman–Crippen LogP) is 3.06. The lowest BCUT2D eigenvalue weighted by atomic mass is 9.99.